The van der Waals surface area contributed by atoms with Crippen molar-refractivity contribution in [2.24, 2.45) is 5.73 Å². The molecule has 1 aromatic carbocycles. The molecule has 1 aliphatic carbocycles. The number of rotatable bonds is 6. The second-order valence-electron chi connectivity index (χ2n) is 8.66. The van der Waals surface area contributed by atoms with Crippen LogP contribution in [0.15, 0.2) is 53.6 Å². The highest BCUT2D eigenvalue weighted by molar-refractivity contribution is 7.93. The Bertz CT molecular complexity index is 1310. The van der Waals surface area contributed by atoms with Crippen LogP contribution in [0, 0.1) is 11.7 Å². The SMILES string of the molecule is Cc1cc(C(N)=O)sc1-c1ccc(S(=N)(=O)[C@H]2CC[C@H](Nc3ccc(C(F)(F)F)cn3)CC2)cc1. The van der Waals surface area contributed by atoms with Gasteiger partial charge in [-0.05, 0) is 74.1 Å². The van der Waals surface area contributed by atoms with E-state index in [1.807, 2.05) is 19.1 Å². The van der Waals surface area contributed by atoms with Gasteiger partial charge in [0.25, 0.3) is 5.91 Å². The highest BCUT2D eigenvalue weighted by Crippen LogP contribution is 2.35. The van der Waals surface area contributed by atoms with Gasteiger partial charge in [0, 0.05) is 27.3 Å². The van der Waals surface area contributed by atoms with Gasteiger partial charge >= 0.3 is 6.18 Å². The second-order valence-corrected chi connectivity index (χ2v) is 12.1. The number of halogens is 3. The van der Waals surface area contributed by atoms with Crippen LogP contribution in [-0.2, 0) is 15.9 Å². The van der Waals surface area contributed by atoms with Gasteiger partial charge in [-0.2, -0.15) is 13.2 Å². The van der Waals surface area contributed by atoms with Gasteiger partial charge in [-0.25, -0.2) is 14.0 Å². The molecule has 1 unspecified atom stereocenters. The number of thiophene rings is 1. The quantitative estimate of drug-likeness (QED) is 0.365. The molecule has 2 aromatic heterocycles. The number of hydrogen-bond donors (Lipinski definition) is 3. The third-order valence-electron chi connectivity index (χ3n) is 6.21. The minimum absolute atomic E-state index is 0.00526. The number of anilines is 1. The van der Waals surface area contributed by atoms with E-state index in [0.29, 0.717) is 41.3 Å². The number of benzene rings is 1. The van der Waals surface area contributed by atoms with Crippen molar-refractivity contribution in [1.29, 1.82) is 4.78 Å². The number of primary amides is 1. The van der Waals surface area contributed by atoms with Gasteiger partial charge in [0.05, 0.1) is 20.2 Å². The van der Waals surface area contributed by atoms with Crippen molar-refractivity contribution >= 4 is 32.8 Å². The van der Waals surface area contributed by atoms with Gasteiger partial charge in [-0.3, -0.25) is 4.79 Å². The minimum atomic E-state index is -4.43. The molecule has 4 rings (SSSR count). The number of amides is 1. The van der Waals surface area contributed by atoms with Gasteiger partial charge < -0.3 is 11.1 Å². The fourth-order valence-electron chi connectivity index (χ4n) is 4.29. The number of pyridine rings is 1. The average molecular weight is 523 g/mol. The van der Waals surface area contributed by atoms with E-state index in [1.54, 1.807) is 18.2 Å². The number of hydrogen-bond acceptors (Lipinski definition) is 6. The largest absolute Gasteiger partial charge is 0.417 e. The van der Waals surface area contributed by atoms with Gasteiger partial charge in [0.1, 0.15) is 5.82 Å². The maximum atomic E-state index is 13.4. The van der Waals surface area contributed by atoms with Gasteiger partial charge in [-0.15, -0.1) is 11.3 Å². The molecule has 35 heavy (non-hydrogen) atoms. The molecule has 1 fully saturated rings. The molecule has 0 radical (unpaired) electrons. The topological polar surface area (TPSA) is 109 Å². The van der Waals surface area contributed by atoms with Crippen molar-refractivity contribution in [1.82, 2.24) is 4.98 Å². The van der Waals surface area contributed by atoms with Crippen LogP contribution < -0.4 is 11.1 Å². The van der Waals surface area contributed by atoms with E-state index in [4.69, 9.17) is 10.5 Å². The Hall–Kier alpha value is -2.92. The van der Waals surface area contributed by atoms with Gasteiger partial charge in [0.15, 0.2) is 0 Å². The molecule has 11 heteroatoms. The Balaban J connectivity index is 1.39. The number of aromatic nitrogens is 1. The normalized spacial score (nSPS) is 20.2. The third kappa shape index (κ3) is 5.51. The summed E-state index contributed by atoms with van der Waals surface area (Å²) >= 11 is 1.30. The fourth-order valence-corrected chi connectivity index (χ4v) is 7.18. The van der Waals surface area contributed by atoms with E-state index < -0.39 is 27.4 Å². The lowest BCUT2D eigenvalue weighted by molar-refractivity contribution is -0.137. The zero-order valence-corrected chi connectivity index (χ0v) is 20.5. The molecule has 1 atom stereocenters. The summed E-state index contributed by atoms with van der Waals surface area (Å²) in [4.78, 5) is 17.2. The summed E-state index contributed by atoms with van der Waals surface area (Å²) in [5, 5.41) is 2.84. The Morgan fingerprint density at radius 3 is 2.31 bits per heavy atom. The highest BCUT2D eigenvalue weighted by atomic mass is 32.2. The molecule has 1 saturated carbocycles. The summed E-state index contributed by atoms with van der Waals surface area (Å²) in [6.45, 7) is 1.90. The lowest BCUT2D eigenvalue weighted by Gasteiger charge is -2.30. The Labute approximate surface area is 205 Å². The van der Waals surface area contributed by atoms with Crippen molar-refractivity contribution < 1.29 is 22.2 Å². The molecule has 2 heterocycles. The Morgan fingerprint density at radius 2 is 1.80 bits per heavy atom. The van der Waals surface area contributed by atoms with Crippen LogP contribution in [0.5, 0.6) is 0 Å². The molecule has 3 aromatic rings. The number of aryl methyl sites for hydroxylation is 1. The average Bonchev–Trinajstić information content (AvgIpc) is 3.21. The van der Waals surface area contributed by atoms with Crippen LogP contribution in [0.3, 0.4) is 0 Å². The second kappa shape index (κ2) is 9.62. The molecular formula is C24H25F3N4O2S2. The molecule has 0 bridgehead atoms. The predicted octanol–water partition coefficient (Wildman–Crippen LogP) is 6.07. The van der Waals surface area contributed by atoms with E-state index in [9.17, 15) is 22.2 Å². The first-order valence-electron chi connectivity index (χ1n) is 11.0. The summed E-state index contributed by atoms with van der Waals surface area (Å²) in [5.41, 5.74) is 6.37. The molecule has 0 aliphatic heterocycles. The number of carbonyl (C=O) groups is 1. The third-order valence-corrected chi connectivity index (χ3v) is 9.90. The van der Waals surface area contributed by atoms with Crippen molar-refractivity contribution in [3.8, 4) is 10.4 Å². The molecule has 186 valence electrons. The monoisotopic (exact) mass is 522 g/mol. The fraction of sp³-hybridized carbons (Fsp3) is 0.333. The van der Waals surface area contributed by atoms with E-state index in [1.165, 1.54) is 17.4 Å². The number of alkyl halides is 3. The summed E-state index contributed by atoms with van der Waals surface area (Å²) < 4.78 is 60.2. The Morgan fingerprint density at radius 1 is 1.14 bits per heavy atom. The van der Waals surface area contributed by atoms with Gasteiger partial charge in [0.2, 0.25) is 0 Å². The molecule has 1 aliphatic rings. The smallest absolute Gasteiger partial charge is 0.367 e. The first kappa shape index (κ1) is 25.2. The summed E-state index contributed by atoms with van der Waals surface area (Å²) in [6, 6.07) is 11.1. The summed E-state index contributed by atoms with van der Waals surface area (Å²) in [7, 11) is -3.04. The minimum Gasteiger partial charge on any atom is -0.367 e. The number of nitrogens with zero attached hydrogens (tertiary/aromatic N) is 1. The van der Waals surface area contributed by atoms with Crippen molar-refractivity contribution in [3.63, 3.8) is 0 Å². The standard InChI is InChI=1S/C24H25F3N4O2S2/c1-14-12-20(23(28)32)34-22(14)15-2-7-18(8-3-15)35(29,33)19-9-5-17(6-10-19)31-21-11-4-16(13-30-21)24(25,26)27/h2-4,7-8,11-13,17,19,29H,5-6,9-10H2,1H3,(H2,28,32)(H,30,31)/t17-,19-,35?. The first-order chi connectivity index (χ1) is 16.4. The van der Waals surface area contributed by atoms with Crippen LogP contribution in [-0.4, -0.2) is 26.4 Å². The van der Waals surface area contributed by atoms with Crippen LogP contribution >= 0.6 is 11.3 Å². The van der Waals surface area contributed by atoms with Crippen LogP contribution in [0.25, 0.3) is 10.4 Å². The lowest BCUT2D eigenvalue weighted by Crippen LogP contribution is -2.32. The molecule has 1 amide bonds. The molecule has 0 spiro atoms. The van der Waals surface area contributed by atoms with Crippen LogP contribution in [0.1, 0.15) is 46.5 Å². The summed E-state index contributed by atoms with van der Waals surface area (Å²) in [6.07, 6.45) is -1.20. The summed E-state index contributed by atoms with van der Waals surface area (Å²) in [5.74, 6) is -0.110. The molecule has 6 nitrogen and oxygen atoms in total. The van der Waals surface area contributed by atoms with E-state index in [0.717, 1.165) is 28.3 Å². The lowest BCUT2D eigenvalue weighted by atomic mass is 9.95. The molecule has 0 saturated heterocycles. The zero-order chi connectivity index (χ0) is 25.4. The predicted molar refractivity (Wildman–Crippen MR) is 131 cm³/mol. The van der Waals surface area contributed by atoms with Crippen molar-refractivity contribution in [2.45, 2.75) is 55.0 Å². The molecule has 4 N–H and O–H groups in total. The first-order valence-corrected chi connectivity index (χ1v) is 13.5. The van der Waals surface area contributed by atoms with Crippen molar-refractivity contribution in [3.05, 3.63) is 64.7 Å². The van der Waals surface area contributed by atoms with Gasteiger partial charge in [-0.1, -0.05) is 12.1 Å². The van der Waals surface area contributed by atoms with E-state index in [-0.39, 0.29) is 11.3 Å². The van der Waals surface area contributed by atoms with Crippen LogP contribution in [0.2, 0.25) is 0 Å². The zero-order valence-electron chi connectivity index (χ0n) is 18.9. The van der Waals surface area contributed by atoms with E-state index in [2.05, 4.69) is 10.3 Å². The van der Waals surface area contributed by atoms with Crippen LogP contribution in [0.4, 0.5) is 19.0 Å². The number of nitrogens with one attached hydrogen (secondary N) is 2. The maximum Gasteiger partial charge on any atom is 0.417 e. The number of carbonyl (C=O) groups excluding carboxylic acids is 1. The Kier molecular flexibility index (Phi) is 6.92. The maximum absolute atomic E-state index is 13.4. The molecular weight excluding hydrogens is 497 g/mol. The van der Waals surface area contributed by atoms with E-state index >= 15 is 0 Å². The van der Waals surface area contributed by atoms with Crippen molar-refractivity contribution in [2.75, 3.05) is 5.32 Å². The highest BCUT2D eigenvalue weighted by Gasteiger charge is 2.32. The number of nitrogens with two attached hydrogens (primary N) is 1.